The van der Waals surface area contributed by atoms with E-state index in [4.69, 9.17) is 4.74 Å². The van der Waals surface area contributed by atoms with Gasteiger partial charge in [-0.05, 0) is 36.2 Å². The fourth-order valence-corrected chi connectivity index (χ4v) is 2.28. The quantitative estimate of drug-likeness (QED) is 0.907. The average molecular weight is 271 g/mol. The first kappa shape index (κ1) is 14.4. The summed E-state index contributed by atoms with van der Waals surface area (Å²) in [6.45, 7) is 2.89. The summed E-state index contributed by atoms with van der Waals surface area (Å²) in [7, 11) is 3.75. The van der Waals surface area contributed by atoms with Gasteiger partial charge < -0.3 is 14.7 Å². The number of benzene rings is 2. The second kappa shape index (κ2) is 6.44. The maximum Gasteiger partial charge on any atom is 0.123 e. The molecule has 0 aliphatic rings. The van der Waals surface area contributed by atoms with Gasteiger partial charge in [-0.15, -0.1) is 0 Å². The minimum Gasteiger partial charge on any atom is -0.496 e. The summed E-state index contributed by atoms with van der Waals surface area (Å²) >= 11 is 0. The van der Waals surface area contributed by atoms with Gasteiger partial charge in [0.1, 0.15) is 5.75 Å². The molecule has 0 aromatic heterocycles. The first-order valence-electron chi connectivity index (χ1n) is 6.69. The molecule has 0 radical (unpaired) electrons. The molecule has 0 aliphatic carbocycles. The van der Waals surface area contributed by atoms with Crippen LogP contribution in [0.5, 0.6) is 5.75 Å². The van der Waals surface area contributed by atoms with Crippen LogP contribution in [0.4, 0.5) is 5.69 Å². The highest BCUT2D eigenvalue weighted by molar-refractivity contribution is 5.51. The topological polar surface area (TPSA) is 32.7 Å². The van der Waals surface area contributed by atoms with Crippen molar-refractivity contribution in [1.82, 2.24) is 0 Å². The van der Waals surface area contributed by atoms with E-state index in [9.17, 15) is 5.11 Å². The van der Waals surface area contributed by atoms with Crippen LogP contribution in [0.3, 0.4) is 0 Å². The van der Waals surface area contributed by atoms with Crippen molar-refractivity contribution in [2.45, 2.75) is 20.1 Å². The van der Waals surface area contributed by atoms with Crippen molar-refractivity contribution >= 4 is 5.69 Å². The van der Waals surface area contributed by atoms with Crippen molar-refractivity contribution in [1.29, 1.82) is 0 Å². The number of rotatable bonds is 5. The molecular weight excluding hydrogens is 250 g/mol. The Labute approximate surface area is 120 Å². The molecule has 2 rings (SSSR count). The van der Waals surface area contributed by atoms with Crippen LogP contribution in [-0.4, -0.2) is 19.3 Å². The SMILES string of the molecule is COc1ccccc1CN(C)c1ccc(CO)c(C)c1. The molecule has 0 saturated heterocycles. The fraction of sp³-hybridized carbons (Fsp3) is 0.294. The summed E-state index contributed by atoms with van der Waals surface area (Å²) in [6, 6.07) is 14.2. The third kappa shape index (κ3) is 3.11. The van der Waals surface area contributed by atoms with Gasteiger partial charge in [0, 0.05) is 24.8 Å². The van der Waals surface area contributed by atoms with Crippen LogP contribution in [0.25, 0.3) is 0 Å². The largest absolute Gasteiger partial charge is 0.496 e. The van der Waals surface area contributed by atoms with Crippen LogP contribution in [0.1, 0.15) is 16.7 Å². The number of para-hydroxylation sites is 1. The summed E-state index contributed by atoms with van der Waals surface area (Å²) < 4.78 is 5.38. The van der Waals surface area contributed by atoms with Gasteiger partial charge in [-0.3, -0.25) is 0 Å². The van der Waals surface area contributed by atoms with E-state index in [0.29, 0.717) is 0 Å². The summed E-state index contributed by atoms with van der Waals surface area (Å²) in [5.41, 5.74) is 4.36. The number of methoxy groups -OCH3 is 1. The van der Waals surface area contributed by atoms with Crippen LogP contribution < -0.4 is 9.64 Å². The predicted octanol–water partition coefficient (Wildman–Crippen LogP) is 3.13. The summed E-state index contributed by atoms with van der Waals surface area (Å²) in [4.78, 5) is 2.17. The van der Waals surface area contributed by atoms with Crippen molar-refractivity contribution in [3.63, 3.8) is 0 Å². The van der Waals surface area contributed by atoms with Crippen molar-refractivity contribution in [2.75, 3.05) is 19.1 Å². The molecule has 0 spiro atoms. The standard InChI is InChI=1S/C17H21NO2/c1-13-10-16(9-8-15(13)12-19)18(2)11-14-6-4-5-7-17(14)20-3/h4-10,19H,11-12H2,1-3H3. The molecule has 0 amide bonds. The number of aryl methyl sites for hydroxylation is 1. The highest BCUT2D eigenvalue weighted by Gasteiger charge is 2.08. The minimum absolute atomic E-state index is 0.0857. The maximum absolute atomic E-state index is 9.22. The molecular formula is C17H21NO2. The third-order valence-corrected chi connectivity index (χ3v) is 3.54. The van der Waals surface area contributed by atoms with Gasteiger partial charge in [-0.2, -0.15) is 0 Å². The predicted molar refractivity (Wildman–Crippen MR) is 82.2 cm³/mol. The van der Waals surface area contributed by atoms with Gasteiger partial charge in [0.25, 0.3) is 0 Å². The first-order valence-corrected chi connectivity index (χ1v) is 6.69. The van der Waals surface area contributed by atoms with Crippen LogP contribution in [-0.2, 0) is 13.2 Å². The molecule has 0 saturated carbocycles. The Hall–Kier alpha value is -2.00. The molecule has 3 nitrogen and oxygen atoms in total. The Morgan fingerprint density at radius 2 is 1.85 bits per heavy atom. The van der Waals surface area contributed by atoms with E-state index in [1.165, 1.54) is 0 Å². The highest BCUT2D eigenvalue weighted by atomic mass is 16.5. The first-order chi connectivity index (χ1) is 9.65. The Morgan fingerprint density at radius 1 is 1.10 bits per heavy atom. The van der Waals surface area contributed by atoms with E-state index in [2.05, 4.69) is 24.1 Å². The molecule has 1 N–H and O–H groups in total. The summed E-state index contributed by atoms with van der Waals surface area (Å²) in [6.07, 6.45) is 0. The van der Waals surface area contributed by atoms with Gasteiger partial charge in [-0.25, -0.2) is 0 Å². The Morgan fingerprint density at radius 3 is 2.50 bits per heavy atom. The smallest absolute Gasteiger partial charge is 0.123 e. The number of nitrogens with zero attached hydrogens (tertiary/aromatic N) is 1. The second-order valence-electron chi connectivity index (χ2n) is 4.94. The molecule has 2 aromatic carbocycles. The molecule has 0 unspecified atom stereocenters. The number of ether oxygens (including phenoxy) is 1. The fourth-order valence-electron chi connectivity index (χ4n) is 2.28. The number of aliphatic hydroxyl groups is 1. The van der Waals surface area contributed by atoms with Gasteiger partial charge >= 0.3 is 0 Å². The van der Waals surface area contributed by atoms with Gasteiger partial charge in [0.2, 0.25) is 0 Å². The van der Waals surface area contributed by atoms with Crippen LogP contribution in [0.15, 0.2) is 42.5 Å². The molecule has 20 heavy (non-hydrogen) atoms. The monoisotopic (exact) mass is 271 g/mol. The lowest BCUT2D eigenvalue weighted by molar-refractivity contribution is 0.281. The van der Waals surface area contributed by atoms with E-state index < -0.39 is 0 Å². The van der Waals surface area contributed by atoms with Crippen LogP contribution in [0.2, 0.25) is 0 Å². The lowest BCUT2D eigenvalue weighted by Crippen LogP contribution is -2.17. The van der Waals surface area contributed by atoms with Crippen molar-refractivity contribution < 1.29 is 9.84 Å². The zero-order valence-electron chi connectivity index (χ0n) is 12.3. The number of hydrogen-bond donors (Lipinski definition) is 1. The third-order valence-electron chi connectivity index (χ3n) is 3.54. The summed E-state index contributed by atoms with van der Waals surface area (Å²) in [5, 5.41) is 9.22. The Kier molecular flexibility index (Phi) is 4.64. The second-order valence-corrected chi connectivity index (χ2v) is 4.94. The zero-order chi connectivity index (χ0) is 14.5. The average Bonchev–Trinajstić information content (AvgIpc) is 2.47. The lowest BCUT2D eigenvalue weighted by atomic mass is 10.1. The van der Waals surface area contributed by atoms with E-state index in [1.807, 2.05) is 37.3 Å². The lowest BCUT2D eigenvalue weighted by Gasteiger charge is -2.21. The van der Waals surface area contributed by atoms with Crippen molar-refractivity contribution in [2.24, 2.45) is 0 Å². The molecule has 106 valence electrons. The van der Waals surface area contributed by atoms with E-state index >= 15 is 0 Å². The normalized spacial score (nSPS) is 10.4. The van der Waals surface area contributed by atoms with E-state index in [1.54, 1.807) is 7.11 Å². The Bertz CT molecular complexity index is 581. The minimum atomic E-state index is 0.0857. The van der Waals surface area contributed by atoms with Crippen LogP contribution in [0, 0.1) is 6.92 Å². The molecule has 0 atom stereocenters. The van der Waals surface area contributed by atoms with Gasteiger partial charge in [0.05, 0.1) is 13.7 Å². The number of aliphatic hydroxyl groups excluding tert-OH is 1. The molecule has 0 fully saturated rings. The summed E-state index contributed by atoms with van der Waals surface area (Å²) in [5.74, 6) is 0.906. The molecule has 3 heteroatoms. The molecule has 2 aromatic rings. The highest BCUT2D eigenvalue weighted by Crippen LogP contribution is 2.23. The maximum atomic E-state index is 9.22. The Balaban J connectivity index is 2.19. The zero-order valence-corrected chi connectivity index (χ0v) is 12.3. The van der Waals surface area contributed by atoms with E-state index in [-0.39, 0.29) is 6.61 Å². The van der Waals surface area contributed by atoms with Gasteiger partial charge in [0.15, 0.2) is 0 Å². The van der Waals surface area contributed by atoms with Crippen molar-refractivity contribution in [3.8, 4) is 5.75 Å². The number of hydrogen-bond acceptors (Lipinski definition) is 3. The van der Waals surface area contributed by atoms with Crippen molar-refractivity contribution in [3.05, 3.63) is 59.2 Å². The van der Waals surface area contributed by atoms with Gasteiger partial charge in [-0.1, -0.05) is 24.3 Å². The van der Waals surface area contributed by atoms with Crippen LogP contribution >= 0.6 is 0 Å². The molecule has 0 bridgehead atoms. The molecule has 0 aliphatic heterocycles. The van der Waals surface area contributed by atoms with E-state index in [0.717, 1.165) is 34.7 Å². The number of anilines is 1. The molecule has 0 heterocycles.